The van der Waals surface area contributed by atoms with Gasteiger partial charge in [0.1, 0.15) is 11.6 Å². The molecule has 1 aliphatic rings. The van der Waals surface area contributed by atoms with Crippen LogP contribution >= 0.6 is 0 Å². The average Bonchev–Trinajstić information content (AvgIpc) is 2.80. The third kappa shape index (κ3) is 3.14. The molecule has 1 aliphatic carbocycles. The fourth-order valence-electron chi connectivity index (χ4n) is 3.07. The van der Waals surface area contributed by atoms with E-state index in [1.807, 2.05) is 0 Å². The van der Waals surface area contributed by atoms with Crippen molar-refractivity contribution in [3.05, 3.63) is 34.9 Å². The molecule has 1 aromatic rings. The minimum absolute atomic E-state index is 0.0196. The smallest absolute Gasteiger partial charge is 0.132 e. The zero-order valence-corrected chi connectivity index (χ0v) is 12.0. The third-order valence-corrected chi connectivity index (χ3v) is 4.14. The number of halogens is 2. The first-order valence-electron chi connectivity index (χ1n) is 7.18. The Balaban J connectivity index is 2.22. The molecule has 0 aliphatic heterocycles. The Hall–Kier alpha value is -0.960. The van der Waals surface area contributed by atoms with Crippen LogP contribution in [-0.4, -0.2) is 12.6 Å². The number of hydrogen-bond donors (Lipinski definition) is 1. The summed E-state index contributed by atoms with van der Waals surface area (Å²) >= 11 is 0. The van der Waals surface area contributed by atoms with Gasteiger partial charge >= 0.3 is 0 Å². The van der Waals surface area contributed by atoms with Gasteiger partial charge in [0.05, 0.1) is 0 Å². The molecule has 1 fully saturated rings. The quantitative estimate of drug-likeness (QED) is 0.864. The van der Waals surface area contributed by atoms with Gasteiger partial charge in [0.25, 0.3) is 0 Å². The van der Waals surface area contributed by atoms with E-state index in [1.165, 1.54) is 12.1 Å². The van der Waals surface area contributed by atoms with Crippen LogP contribution in [0.25, 0.3) is 0 Å². The minimum Gasteiger partial charge on any atom is -0.314 e. The number of benzene rings is 1. The molecule has 0 aromatic heterocycles. The molecule has 0 spiro atoms. The standard InChI is InChI=1S/C16H23F2N/c1-10(2)19-9-12-5-4-6-13(12)15-14(17)8-7-11(3)16(15)18/h7-8,10,12-13,19H,4-6,9H2,1-3H3. The van der Waals surface area contributed by atoms with Gasteiger partial charge in [0, 0.05) is 11.6 Å². The molecule has 1 aromatic carbocycles. The van der Waals surface area contributed by atoms with Crippen molar-refractivity contribution in [2.75, 3.05) is 6.54 Å². The van der Waals surface area contributed by atoms with Gasteiger partial charge < -0.3 is 5.32 Å². The molecule has 0 radical (unpaired) electrons. The average molecular weight is 267 g/mol. The molecule has 1 nitrogen and oxygen atoms in total. The van der Waals surface area contributed by atoms with Gasteiger partial charge in [-0.05, 0) is 49.8 Å². The first-order valence-corrected chi connectivity index (χ1v) is 7.18. The van der Waals surface area contributed by atoms with E-state index in [2.05, 4.69) is 19.2 Å². The van der Waals surface area contributed by atoms with E-state index < -0.39 is 0 Å². The lowest BCUT2D eigenvalue weighted by Gasteiger charge is -2.23. The molecule has 2 atom stereocenters. The summed E-state index contributed by atoms with van der Waals surface area (Å²) in [6.07, 6.45) is 3.00. The molecule has 1 N–H and O–H groups in total. The molecular formula is C16H23F2N. The van der Waals surface area contributed by atoms with Gasteiger partial charge in [0.2, 0.25) is 0 Å². The van der Waals surface area contributed by atoms with Gasteiger partial charge in [-0.3, -0.25) is 0 Å². The maximum Gasteiger partial charge on any atom is 0.132 e. The molecule has 1 saturated carbocycles. The van der Waals surface area contributed by atoms with Crippen LogP contribution in [0.3, 0.4) is 0 Å². The van der Waals surface area contributed by atoms with Crippen molar-refractivity contribution in [2.45, 2.75) is 52.0 Å². The van der Waals surface area contributed by atoms with Crippen molar-refractivity contribution >= 4 is 0 Å². The second-order valence-electron chi connectivity index (χ2n) is 5.95. The van der Waals surface area contributed by atoms with Crippen LogP contribution in [0, 0.1) is 24.5 Å². The highest BCUT2D eigenvalue weighted by atomic mass is 19.1. The summed E-state index contributed by atoms with van der Waals surface area (Å²) in [5.74, 6) is -0.370. The maximum absolute atomic E-state index is 14.2. The van der Waals surface area contributed by atoms with Crippen LogP contribution in [0.1, 0.15) is 50.2 Å². The fraction of sp³-hybridized carbons (Fsp3) is 0.625. The SMILES string of the molecule is Cc1ccc(F)c(C2CCCC2CNC(C)C)c1F. The van der Waals surface area contributed by atoms with Crippen LogP contribution in [0.15, 0.2) is 12.1 Å². The van der Waals surface area contributed by atoms with E-state index in [9.17, 15) is 8.78 Å². The zero-order valence-electron chi connectivity index (χ0n) is 12.0. The Bertz CT molecular complexity index is 443. The van der Waals surface area contributed by atoms with Crippen molar-refractivity contribution < 1.29 is 8.78 Å². The van der Waals surface area contributed by atoms with Crippen molar-refractivity contribution in [3.63, 3.8) is 0 Å². The molecule has 0 heterocycles. The molecule has 2 unspecified atom stereocenters. The summed E-state index contributed by atoms with van der Waals surface area (Å²) in [6.45, 7) is 6.74. The first kappa shape index (κ1) is 14.4. The molecule has 0 bridgehead atoms. The third-order valence-electron chi connectivity index (χ3n) is 4.14. The molecular weight excluding hydrogens is 244 g/mol. The van der Waals surface area contributed by atoms with Gasteiger partial charge in [-0.15, -0.1) is 0 Å². The van der Waals surface area contributed by atoms with Crippen LogP contribution in [-0.2, 0) is 0 Å². The summed E-state index contributed by atoms with van der Waals surface area (Å²) in [4.78, 5) is 0. The lowest BCUT2D eigenvalue weighted by atomic mass is 9.87. The van der Waals surface area contributed by atoms with Gasteiger partial charge in [-0.25, -0.2) is 8.78 Å². The van der Waals surface area contributed by atoms with Crippen LogP contribution in [0.5, 0.6) is 0 Å². The summed E-state index contributed by atoms with van der Waals surface area (Å²) < 4.78 is 28.2. The van der Waals surface area contributed by atoms with E-state index in [0.29, 0.717) is 23.1 Å². The molecule has 0 amide bonds. The highest BCUT2D eigenvalue weighted by molar-refractivity contribution is 5.30. The maximum atomic E-state index is 14.2. The van der Waals surface area contributed by atoms with Crippen LogP contribution in [0.4, 0.5) is 8.78 Å². The lowest BCUT2D eigenvalue weighted by Crippen LogP contribution is -2.30. The second kappa shape index (κ2) is 6.00. The van der Waals surface area contributed by atoms with E-state index >= 15 is 0 Å². The molecule has 3 heteroatoms. The summed E-state index contributed by atoms with van der Waals surface area (Å²) in [5, 5.41) is 3.40. The van der Waals surface area contributed by atoms with E-state index in [1.54, 1.807) is 6.92 Å². The number of nitrogens with one attached hydrogen (secondary N) is 1. The highest BCUT2D eigenvalue weighted by Gasteiger charge is 2.32. The number of aryl methyl sites for hydroxylation is 1. The topological polar surface area (TPSA) is 12.0 Å². The molecule has 0 saturated heterocycles. The van der Waals surface area contributed by atoms with Crippen molar-refractivity contribution in [3.8, 4) is 0 Å². The van der Waals surface area contributed by atoms with Crippen LogP contribution in [0.2, 0.25) is 0 Å². The second-order valence-corrected chi connectivity index (χ2v) is 5.95. The van der Waals surface area contributed by atoms with Gasteiger partial charge in [-0.1, -0.05) is 26.3 Å². The van der Waals surface area contributed by atoms with Gasteiger partial charge in [-0.2, -0.15) is 0 Å². The minimum atomic E-state index is -0.385. The Kier molecular flexibility index (Phi) is 4.56. The Labute approximate surface area is 114 Å². The Morgan fingerprint density at radius 1 is 1.26 bits per heavy atom. The summed E-state index contributed by atoms with van der Waals surface area (Å²) in [5.41, 5.74) is 0.854. The lowest BCUT2D eigenvalue weighted by molar-refractivity contribution is 0.401. The fourth-order valence-corrected chi connectivity index (χ4v) is 3.07. The summed E-state index contributed by atoms with van der Waals surface area (Å²) in [6, 6.07) is 3.33. The monoisotopic (exact) mass is 267 g/mol. The Morgan fingerprint density at radius 3 is 2.68 bits per heavy atom. The molecule has 2 rings (SSSR count). The van der Waals surface area contributed by atoms with Crippen molar-refractivity contribution in [2.24, 2.45) is 5.92 Å². The number of hydrogen-bond acceptors (Lipinski definition) is 1. The van der Waals surface area contributed by atoms with E-state index in [0.717, 1.165) is 25.8 Å². The van der Waals surface area contributed by atoms with Crippen molar-refractivity contribution in [1.29, 1.82) is 0 Å². The molecule has 19 heavy (non-hydrogen) atoms. The van der Waals surface area contributed by atoms with Crippen molar-refractivity contribution in [1.82, 2.24) is 5.32 Å². The van der Waals surface area contributed by atoms with Crippen LogP contribution < -0.4 is 5.32 Å². The predicted molar refractivity (Wildman–Crippen MR) is 74.3 cm³/mol. The largest absolute Gasteiger partial charge is 0.314 e. The number of rotatable bonds is 4. The highest BCUT2D eigenvalue weighted by Crippen LogP contribution is 2.41. The van der Waals surface area contributed by atoms with Gasteiger partial charge in [0.15, 0.2) is 0 Å². The Morgan fingerprint density at radius 2 is 2.00 bits per heavy atom. The predicted octanol–water partition coefficient (Wildman–Crippen LogP) is 4.15. The normalized spacial score (nSPS) is 23.3. The first-order chi connectivity index (χ1) is 9.00. The van der Waals surface area contributed by atoms with E-state index in [-0.39, 0.29) is 17.6 Å². The molecule has 106 valence electrons. The summed E-state index contributed by atoms with van der Waals surface area (Å²) in [7, 11) is 0. The zero-order chi connectivity index (χ0) is 14.0. The van der Waals surface area contributed by atoms with E-state index in [4.69, 9.17) is 0 Å².